The third kappa shape index (κ3) is 3.88. The second kappa shape index (κ2) is 7.92. The average molecular weight is 362 g/mol. The van der Waals surface area contributed by atoms with Gasteiger partial charge in [-0.05, 0) is 43.5 Å². The number of piperidine rings is 1. The second-order valence-electron chi connectivity index (χ2n) is 7.49. The van der Waals surface area contributed by atoms with E-state index in [2.05, 4.69) is 51.6 Å². The van der Waals surface area contributed by atoms with Crippen molar-refractivity contribution in [3.63, 3.8) is 0 Å². The van der Waals surface area contributed by atoms with Crippen LogP contribution in [0.15, 0.2) is 54.7 Å². The maximum atomic E-state index is 12.8. The number of benzene rings is 2. The molecule has 1 aliphatic heterocycles. The van der Waals surface area contributed by atoms with Crippen molar-refractivity contribution < 1.29 is 4.79 Å². The van der Waals surface area contributed by atoms with Gasteiger partial charge < -0.3 is 5.32 Å². The number of carbonyl (C=O) groups is 1. The maximum Gasteiger partial charge on any atom is 0.253 e. The standard InChI is InChI=1S/C22H26N4O/c1-16-10-12-26(13-11-16)20(17-6-3-2-4-7-17)15-23-22(27)19-9-5-8-18-14-24-25-21(18)19/h2-9,14,16,20H,10-13,15H2,1H3,(H,23,27)(H,24,25). The highest BCUT2D eigenvalue weighted by atomic mass is 16.1. The minimum absolute atomic E-state index is 0.0591. The lowest BCUT2D eigenvalue weighted by atomic mass is 9.95. The highest BCUT2D eigenvalue weighted by Gasteiger charge is 2.25. The summed E-state index contributed by atoms with van der Waals surface area (Å²) in [6.45, 7) is 5.07. The largest absolute Gasteiger partial charge is 0.350 e. The first-order chi connectivity index (χ1) is 13.2. The molecular weight excluding hydrogens is 336 g/mol. The third-order valence-electron chi connectivity index (χ3n) is 5.62. The predicted octanol–water partition coefficient (Wildman–Crippen LogP) is 3.77. The van der Waals surface area contributed by atoms with Crippen molar-refractivity contribution >= 4 is 16.8 Å². The number of carbonyl (C=O) groups excluding carboxylic acids is 1. The number of hydrogen-bond donors (Lipinski definition) is 2. The van der Waals surface area contributed by atoms with E-state index in [0.717, 1.165) is 29.9 Å². The number of fused-ring (bicyclic) bond motifs is 1. The van der Waals surface area contributed by atoms with Gasteiger partial charge in [-0.15, -0.1) is 0 Å². The number of rotatable bonds is 5. The molecule has 27 heavy (non-hydrogen) atoms. The van der Waals surface area contributed by atoms with Gasteiger partial charge in [0, 0.05) is 11.9 Å². The molecule has 1 unspecified atom stereocenters. The zero-order valence-electron chi connectivity index (χ0n) is 15.7. The molecule has 2 N–H and O–H groups in total. The number of hydrogen-bond acceptors (Lipinski definition) is 3. The molecule has 1 fully saturated rings. The molecule has 0 radical (unpaired) electrons. The lowest BCUT2D eigenvalue weighted by Crippen LogP contribution is -2.42. The number of aromatic nitrogens is 2. The molecule has 1 aromatic heterocycles. The fourth-order valence-electron chi connectivity index (χ4n) is 3.92. The highest BCUT2D eigenvalue weighted by Crippen LogP contribution is 2.26. The van der Waals surface area contributed by atoms with Crippen LogP contribution in [0.2, 0.25) is 0 Å². The van der Waals surface area contributed by atoms with E-state index < -0.39 is 0 Å². The first kappa shape index (κ1) is 17.7. The van der Waals surface area contributed by atoms with Gasteiger partial charge in [0.2, 0.25) is 0 Å². The topological polar surface area (TPSA) is 61.0 Å². The molecule has 5 heteroatoms. The Hall–Kier alpha value is -2.66. The van der Waals surface area contributed by atoms with E-state index in [0.29, 0.717) is 12.1 Å². The minimum Gasteiger partial charge on any atom is -0.350 e. The maximum absolute atomic E-state index is 12.8. The number of amides is 1. The van der Waals surface area contributed by atoms with Crippen LogP contribution in [0.25, 0.3) is 10.9 Å². The molecule has 2 aromatic carbocycles. The van der Waals surface area contributed by atoms with Crippen LogP contribution in [0.1, 0.15) is 41.7 Å². The van der Waals surface area contributed by atoms with Gasteiger partial charge >= 0.3 is 0 Å². The summed E-state index contributed by atoms with van der Waals surface area (Å²) in [5, 5.41) is 11.1. The van der Waals surface area contributed by atoms with Crippen LogP contribution in [0.5, 0.6) is 0 Å². The number of likely N-dealkylation sites (tertiary alicyclic amines) is 1. The van der Waals surface area contributed by atoms with Crippen LogP contribution in [0.4, 0.5) is 0 Å². The number of para-hydroxylation sites is 1. The van der Waals surface area contributed by atoms with E-state index in [1.54, 1.807) is 6.20 Å². The van der Waals surface area contributed by atoms with E-state index in [-0.39, 0.29) is 11.9 Å². The van der Waals surface area contributed by atoms with Gasteiger partial charge in [0.25, 0.3) is 5.91 Å². The van der Waals surface area contributed by atoms with Crippen LogP contribution >= 0.6 is 0 Å². The zero-order valence-corrected chi connectivity index (χ0v) is 15.7. The van der Waals surface area contributed by atoms with E-state index in [1.165, 1.54) is 18.4 Å². The fraction of sp³-hybridized carbons (Fsp3) is 0.364. The van der Waals surface area contributed by atoms with Crippen molar-refractivity contribution in [2.24, 2.45) is 5.92 Å². The molecular formula is C22H26N4O. The Balaban J connectivity index is 1.51. The van der Waals surface area contributed by atoms with Crippen molar-refractivity contribution in [3.8, 4) is 0 Å². The van der Waals surface area contributed by atoms with Gasteiger partial charge in [0.15, 0.2) is 0 Å². The van der Waals surface area contributed by atoms with Crippen LogP contribution in [-0.4, -0.2) is 40.6 Å². The van der Waals surface area contributed by atoms with E-state index >= 15 is 0 Å². The van der Waals surface area contributed by atoms with Gasteiger partial charge in [-0.2, -0.15) is 5.10 Å². The van der Waals surface area contributed by atoms with Gasteiger partial charge in [0.05, 0.1) is 23.3 Å². The molecule has 0 aliphatic carbocycles. The van der Waals surface area contributed by atoms with Gasteiger partial charge in [0.1, 0.15) is 0 Å². The van der Waals surface area contributed by atoms with Crippen LogP contribution in [0, 0.1) is 5.92 Å². The summed E-state index contributed by atoms with van der Waals surface area (Å²) in [5.74, 6) is 0.724. The summed E-state index contributed by atoms with van der Waals surface area (Å²) >= 11 is 0. The smallest absolute Gasteiger partial charge is 0.253 e. The second-order valence-corrected chi connectivity index (χ2v) is 7.49. The minimum atomic E-state index is -0.0591. The molecule has 140 valence electrons. The molecule has 3 aromatic rings. The molecule has 1 atom stereocenters. The monoisotopic (exact) mass is 362 g/mol. The SMILES string of the molecule is CC1CCN(C(CNC(=O)c2cccc3cn[nH]c23)c2ccccc2)CC1. The first-order valence-electron chi connectivity index (χ1n) is 9.71. The Morgan fingerprint density at radius 2 is 1.96 bits per heavy atom. The van der Waals surface area contributed by atoms with Crippen molar-refractivity contribution in [3.05, 3.63) is 65.9 Å². The van der Waals surface area contributed by atoms with Gasteiger partial charge in [-0.1, -0.05) is 49.4 Å². The summed E-state index contributed by atoms with van der Waals surface area (Å²) in [6.07, 6.45) is 4.17. The molecule has 5 nitrogen and oxygen atoms in total. The predicted molar refractivity (Wildman–Crippen MR) is 108 cm³/mol. The van der Waals surface area contributed by atoms with E-state index in [1.807, 2.05) is 24.3 Å². The quantitative estimate of drug-likeness (QED) is 0.726. The fourth-order valence-corrected chi connectivity index (χ4v) is 3.92. The Kier molecular flexibility index (Phi) is 5.21. The van der Waals surface area contributed by atoms with Crippen molar-refractivity contribution in [2.75, 3.05) is 19.6 Å². The van der Waals surface area contributed by atoms with Crippen LogP contribution < -0.4 is 5.32 Å². The van der Waals surface area contributed by atoms with Crippen LogP contribution in [0.3, 0.4) is 0 Å². The lowest BCUT2D eigenvalue weighted by Gasteiger charge is -2.37. The molecule has 0 bridgehead atoms. The Bertz CT molecular complexity index is 897. The normalized spacial score (nSPS) is 17.1. The molecule has 4 rings (SSSR count). The zero-order chi connectivity index (χ0) is 18.6. The first-order valence-corrected chi connectivity index (χ1v) is 9.71. The number of aromatic amines is 1. The number of H-pyrrole nitrogens is 1. The Morgan fingerprint density at radius 1 is 1.19 bits per heavy atom. The summed E-state index contributed by atoms with van der Waals surface area (Å²) in [5.41, 5.74) is 2.69. The summed E-state index contributed by atoms with van der Waals surface area (Å²) in [7, 11) is 0. The summed E-state index contributed by atoms with van der Waals surface area (Å²) < 4.78 is 0. The van der Waals surface area contributed by atoms with E-state index in [9.17, 15) is 4.79 Å². The van der Waals surface area contributed by atoms with Gasteiger partial charge in [-0.25, -0.2) is 0 Å². The molecule has 0 saturated carbocycles. The average Bonchev–Trinajstić information content (AvgIpc) is 3.19. The molecule has 1 saturated heterocycles. The lowest BCUT2D eigenvalue weighted by molar-refractivity contribution is 0.0914. The molecule has 2 heterocycles. The van der Waals surface area contributed by atoms with Crippen LogP contribution in [-0.2, 0) is 0 Å². The van der Waals surface area contributed by atoms with Gasteiger partial charge in [-0.3, -0.25) is 14.8 Å². The van der Waals surface area contributed by atoms with Crippen molar-refractivity contribution in [2.45, 2.75) is 25.8 Å². The molecule has 1 aliphatic rings. The molecule has 1 amide bonds. The molecule has 0 spiro atoms. The highest BCUT2D eigenvalue weighted by molar-refractivity contribution is 6.05. The van der Waals surface area contributed by atoms with Crippen molar-refractivity contribution in [1.29, 1.82) is 0 Å². The number of nitrogens with one attached hydrogen (secondary N) is 2. The van der Waals surface area contributed by atoms with Crippen molar-refractivity contribution in [1.82, 2.24) is 20.4 Å². The van der Waals surface area contributed by atoms with E-state index in [4.69, 9.17) is 0 Å². The third-order valence-corrected chi connectivity index (χ3v) is 5.62. The Labute approximate surface area is 159 Å². The summed E-state index contributed by atoms with van der Waals surface area (Å²) in [4.78, 5) is 15.4. The number of nitrogens with zero attached hydrogens (tertiary/aromatic N) is 2. The Morgan fingerprint density at radius 3 is 2.74 bits per heavy atom. The summed E-state index contributed by atoms with van der Waals surface area (Å²) in [6, 6.07) is 16.4.